The van der Waals surface area contributed by atoms with Crippen molar-refractivity contribution >= 4 is 5.82 Å². The number of rotatable bonds is 3. The van der Waals surface area contributed by atoms with Crippen molar-refractivity contribution in [1.82, 2.24) is 9.88 Å². The van der Waals surface area contributed by atoms with Gasteiger partial charge in [0.2, 0.25) is 0 Å². The molecule has 3 heterocycles. The molecule has 2 aliphatic rings. The highest BCUT2D eigenvalue weighted by Crippen LogP contribution is 2.25. The fraction of sp³-hybridized carbons (Fsp3) is 0.647. The van der Waals surface area contributed by atoms with Crippen LogP contribution in [0, 0.1) is 11.3 Å². The first-order valence-corrected chi connectivity index (χ1v) is 8.17. The van der Waals surface area contributed by atoms with Gasteiger partial charge in [-0.15, -0.1) is 0 Å². The van der Waals surface area contributed by atoms with Crippen LogP contribution in [0.25, 0.3) is 0 Å². The highest BCUT2D eigenvalue weighted by Gasteiger charge is 2.30. The van der Waals surface area contributed by atoms with Crippen molar-refractivity contribution < 1.29 is 4.74 Å². The highest BCUT2D eigenvalue weighted by atomic mass is 16.5. The summed E-state index contributed by atoms with van der Waals surface area (Å²) in [6, 6.07) is 8.33. The van der Waals surface area contributed by atoms with E-state index in [1.165, 1.54) is 12.8 Å². The third kappa shape index (κ3) is 3.40. The van der Waals surface area contributed by atoms with Crippen LogP contribution in [-0.2, 0) is 4.74 Å². The van der Waals surface area contributed by atoms with Crippen LogP contribution in [0.15, 0.2) is 18.2 Å². The maximum absolute atomic E-state index is 9.04. The SMILES string of the molecule is CC1CN(CC2CCCN2c2cccc(C#N)n2)CC(C)O1. The van der Waals surface area contributed by atoms with Crippen molar-refractivity contribution in [3.63, 3.8) is 0 Å². The summed E-state index contributed by atoms with van der Waals surface area (Å²) in [6.45, 7) is 8.37. The average molecular weight is 300 g/mol. The van der Waals surface area contributed by atoms with E-state index in [4.69, 9.17) is 10.00 Å². The third-order valence-corrected chi connectivity index (χ3v) is 4.48. The van der Waals surface area contributed by atoms with Crippen LogP contribution in [0.2, 0.25) is 0 Å². The lowest BCUT2D eigenvalue weighted by molar-refractivity contribution is -0.0689. The highest BCUT2D eigenvalue weighted by molar-refractivity contribution is 5.43. The number of ether oxygens (including phenoxy) is 1. The molecular weight excluding hydrogens is 276 g/mol. The van der Waals surface area contributed by atoms with Crippen LogP contribution in [0.4, 0.5) is 5.82 Å². The molecule has 2 saturated heterocycles. The number of pyridine rings is 1. The quantitative estimate of drug-likeness (QED) is 0.855. The Morgan fingerprint density at radius 3 is 2.82 bits per heavy atom. The molecule has 3 unspecified atom stereocenters. The smallest absolute Gasteiger partial charge is 0.142 e. The summed E-state index contributed by atoms with van der Waals surface area (Å²) in [5.41, 5.74) is 0.497. The van der Waals surface area contributed by atoms with Crippen LogP contribution in [0.5, 0.6) is 0 Å². The summed E-state index contributed by atoms with van der Waals surface area (Å²) in [5.74, 6) is 0.941. The fourth-order valence-electron chi connectivity index (χ4n) is 3.70. The Balaban J connectivity index is 1.69. The second-order valence-electron chi connectivity index (χ2n) is 6.46. The topological polar surface area (TPSA) is 52.4 Å². The Morgan fingerprint density at radius 2 is 2.09 bits per heavy atom. The molecule has 22 heavy (non-hydrogen) atoms. The maximum Gasteiger partial charge on any atom is 0.142 e. The number of aromatic nitrogens is 1. The lowest BCUT2D eigenvalue weighted by Crippen LogP contribution is -2.50. The van der Waals surface area contributed by atoms with Gasteiger partial charge < -0.3 is 9.64 Å². The van der Waals surface area contributed by atoms with Gasteiger partial charge in [0.15, 0.2) is 0 Å². The van der Waals surface area contributed by atoms with E-state index >= 15 is 0 Å². The van der Waals surface area contributed by atoms with Crippen molar-refractivity contribution in [2.45, 2.75) is 44.9 Å². The van der Waals surface area contributed by atoms with Gasteiger partial charge in [0.05, 0.1) is 12.2 Å². The predicted octanol–water partition coefficient (Wildman–Crippen LogP) is 2.03. The number of hydrogen-bond donors (Lipinski definition) is 0. The molecule has 0 amide bonds. The van der Waals surface area contributed by atoms with Gasteiger partial charge in [-0.3, -0.25) is 4.90 Å². The average Bonchev–Trinajstić information content (AvgIpc) is 2.94. The zero-order chi connectivity index (χ0) is 15.5. The minimum Gasteiger partial charge on any atom is -0.373 e. The summed E-state index contributed by atoms with van der Waals surface area (Å²) >= 11 is 0. The molecule has 0 saturated carbocycles. The minimum atomic E-state index is 0.304. The van der Waals surface area contributed by atoms with Gasteiger partial charge in [-0.1, -0.05) is 6.07 Å². The summed E-state index contributed by atoms with van der Waals surface area (Å²) < 4.78 is 5.82. The Kier molecular flexibility index (Phi) is 4.60. The number of hydrogen-bond acceptors (Lipinski definition) is 5. The van der Waals surface area contributed by atoms with Gasteiger partial charge in [-0.05, 0) is 38.8 Å². The van der Waals surface area contributed by atoms with Crippen LogP contribution >= 0.6 is 0 Å². The van der Waals surface area contributed by atoms with Gasteiger partial charge in [0, 0.05) is 32.2 Å². The molecule has 0 bridgehead atoms. The monoisotopic (exact) mass is 300 g/mol. The predicted molar refractivity (Wildman–Crippen MR) is 85.8 cm³/mol. The minimum absolute atomic E-state index is 0.304. The third-order valence-electron chi connectivity index (χ3n) is 4.48. The lowest BCUT2D eigenvalue weighted by Gasteiger charge is -2.38. The largest absolute Gasteiger partial charge is 0.373 e. The van der Waals surface area contributed by atoms with Crippen molar-refractivity contribution in [2.75, 3.05) is 31.1 Å². The van der Waals surface area contributed by atoms with Gasteiger partial charge in [0.1, 0.15) is 17.6 Å². The second kappa shape index (κ2) is 6.64. The molecular formula is C17H24N4O. The normalized spacial score (nSPS) is 29.5. The summed E-state index contributed by atoms with van der Waals surface area (Å²) in [7, 11) is 0. The van der Waals surface area contributed by atoms with Gasteiger partial charge >= 0.3 is 0 Å². The van der Waals surface area contributed by atoms with Gasteiger partial charge in [-0.2, -0.15) is 5.26 Å². The molecule has 5 heteroatoms. The molecule has 1 aromatic heterocycles. The molecule has 0 aromatic carbocycles. The number of nitrogens with zero attached hydrogens (tertiary/aromatic N) is 4. The molecule has 2 fully saturated rings. The van der Waals surface area contributed by atoms with Crippen molar-refractivity contribution in [1.29, 1.82) is 5.26 Å². The molecule has 5 nitrogen and oxygen atoms in total. The molecule has 0 spiro atoms. The van der Waals surface area contributed by atoms with Crippen LogP contribution in [0.1, 0.15) is 32.4 Å². The summed E-state index contributed by atoms with van der Waals surface area (Å²) in [5, 5.41) is 9.04. The Bertz CT molecular complexity index is 546. The molecule has 0 N–H and O–H groups in total. The van der Waals surface area contributed by atoms with E-state index in [1.54, 1.807) is 6.07 Å². The van der Waals surface area contributed by atoms with E-state index in [-0.39, 0.29) is 0 Å². The van der Waals surface area contributed by atoms with E-state index in [1.807, 2.05) is 12.1 Å². The van der Waals surface area contributed by atoms with Crippen molar-refractivity contribution in [3.05, 3.63) is 23.9 Å². The molecule has 1 aromatic rings. The second-order valence-corrected chi connectivity index (χ2v) is 6.46. The summed E-state index contributed by atoms with van der Waals surface area (Å²) in [6.07, 6.45) is 2.99. The van der Waals surface area contributed by atoms with E-state index in [0.29, 0.717) is 23.9 Å². The van der Waals surface area contributed by atoms with Gasteiger partial charge in [0.25, 0.3) is 0 Å². The van der Waals surface area contributed by atoms with E-state index in [2.05, 4.69) is 34.7 Å². The molecule has 2 aliphatic heterocycles. The molecule has 3 rings (SSSR count). The Labute approximate surface area is 132 Å². The summed E-state index contributed by atoms with van der Waals surface area (Å²) in [4.78, 5) is 9.34. The Morgan fingerprint density at radius 1 is 1.32 bits per heavy atom. The van der Waals surface area contributed by atoms with E-state index in [9.17, 15) is 0 Å². The van der Waals surface area contributed by atoms with Crippen LogP contribution in [-0.4, -0.2) is 54.3 Å². The first-order chi connectivity index (χ1) is 10.7. The zero-order valence-corrected chi connectivity index (χ0v) is 13.4. The maximum atomic E-state index is 9.04. The molecule has 0 aliphatic carbocycles. The van der Waals surface area contributed by atoms with Crippen LogP contribution < -0.4 is 4.90 Å². The fourth-order valence-corrected chi connectivity index (χ4v) is 3.70. The standard InChI is InChI=1S/C17H24N4O/c1-13-10-20(11-14(2)22-13)12-16-6-4-8-21(16)17-7-3-5-15(9-18)19-17/h3,5,7,13-14,16H,4,6,8,10-12H2,1-2H3. The first kappa shape index (κ1) is 15.3. The number of anilines is 1. The zero-order valence-electron chi connectivity index (χ0n) is 13.4. The van der Waals surface area contributed by atoms with Crippen LogP contribution in [0.3, 0.4) is 0 Å². The van der Waals surface area contributed by atoms with Crippen molar-refractivity contribution in [3.8, 4) is 6.07 Å². The van der Waals surface area contributed by atoms with E-state index in [0.717, 1.165) is 32.0 Å². The number of morpholine rings is 1. The molecule has 0 radical (unpaired) electrons. The molecule has 118 valence electrons. The number of nitriles is 1. The van der Waals surface area contributed by atoms with E-state index < -0.39 is 0 Å². The van der Waals surface area contributed by atoms with Crippen molar-refractivity contribution in [2.24, 2.45) is 0 Å². The Hall–Kier alpha value is -1.64. The molecule has 3 atom stereocenters. The first-order valence-electron chi connectivity index (χ1n) is 8.17. The lowest BCUT2D eigenvalue weighted by atomic mass is 10.1. The van der Waals surface area contributed by atoms with Gasteiger partial charge in [-0.25, -0.2) is 4.98 Å².